The Kier molecular flexibility index (Phi) is 5.08. The first-order valence-corrected chi connectivity index (χ1v) is 7.34. The molecule has 0 spiro atoms. The summed E-state index contributed by atoms with van der Waals surface area (Å²) in [6.45, 7) is 0.936. The number of halogens is 3. The van der Waals surface area contributed by atoms with E-state index in [1.807, 2.05) is 7.05 Å². The van der Waals surface area contributed by atoms with E-state index < -0.39 is 11.7 Å². The molecule has 0 saturated heterocycles. The highest BCUT2D eigenvalue weighted by atomic mass is 19.4. The van der Waals surface area contributed by atoms with Crippen LogP contribution in [0.1, 0.15) is 49.1 Å². The minimum atomic E-state index is -4.24. The number of hydrogen-bond donors (Lipinski definition) is 1. The van der Waals surface area contributed by atoms with E-state index in [1.165, 1.54) is 31.4 Å². The van der Waals surface area contributed by atoms with Gasteiger partial charge in [0.25, 0.3) is 0 Å². The Morgan fingerprint density at radius 3 is 2.30 bits per heavy atom. The quantitative estimate of drug-likeness (QED) is 0.801. The Balaban J connectivity index is 2.18. The van der Waals surface area contributed by atoms with Crippen LogP contribution < -0.4 is 5.32 Å². The fourth-order valence-corrected chi connectivity index (χ4v) is 3.25. The van der Waals surface area contributed by atoms with E-state index in [0.717, 1.165) is 24.9 Å². The van der Waals surface area contributed by atoms with Crippen molar-refractivity contribution in [1.82, 2.24) is 5.32 Å². The summed E-state index contributed by atoms with van der Waals surface area (Å²) in [5, 5.41) is 3.22. The monoisotopic (exact) mass is 285 g/mol. The van der Waals surface area contributed by atoms with Crippen molar-refractivity contribution in [2.45, 2.75) is 44.2 Å². The van der Waals surface area contributed by atoms with Gasteiger partial charge >= 0.3 is 6.18 Å². The maximum absolute atomic E-state index is 12.6. The van der Waals surface area contributed by atoms with Crippen LogP contribution in [0.15, 0.2) is 24.3 Å². The lowest BCUT2D eigenvalue weighted by Gasteiger charge is -2.25. The summed E-state index contributed by atoms with van der Waals surface area (Å²) in [6, 6.07) is 5.77. The van der Waals surface area contributed by atoms with Gasteiger partial charge in [-0.1, -0.05) is 31.4 Å². The van der Waals surface area contributed by atoms with Crippen molar-refractivity contribution in [3.63, 3.8) is 0 Å². The molecule has 0 bridgehead atoms. The highest BCUT2D eigenvalue weighted by Crippen LogP contribution is 2.37. The number of hydrogen-bond acceptors (Lipinski definition) is 1. The summed E-state index contributed by atoms with van der Waals surface area (Å²) in [7, 11) is 1.94. The van der Waals surface area contributed by atoms with Gasteiger partial charge in [0.1, 0.15) is 0 Å². The average Bonchev–Trinajstić information content (AvgIpc) is 2.64. The van der Waals surface area contributed by atoms with Gasteiger partial charge in [-0.2, -0.15) is 13.2 Å². The van der Waals surface area contributed by atoms with E-state index in [9.17, 15) is 13.2 Å². The summed E-state index contributed by atoms with van der Waals surface area (Å²) in [5.74, 6) is 0.909. The van der Waals surface area contributed by atoms with E-state index >= 15 is 0 Å². The second kappa shape index (κ2) is 6.61. The topological polar surface area (TPSA) is 12.0 Å². The van der Waals surface area contributed by atoms with Crippen molar-refractivity contribution in [3.8, 4) is 0 Å². The van der Waals surface area contributed by atoms with Crippen LogP contribution in [-0.4, -0.2) is 13.6 Å². The van der Waals surface area contributed by atoms with Gasteiger partial charge in [-0.15, -0.1) is 0 Å². The summed E-state index contributed by atoms with van der Waals surface area (Å²) >= 11 is 0. The van der Waals surface area contributed by atoms with Gasteiger partial charge in [0, 0.05) is 0 Å². The second-order valence-electron chi connectivity index (χ2n) is 5.68. The number of nitrogens with one attached hydrogen (secondary N) is 1. The summed E-state index contributed by atoms with van der Waals surface area (Å²) < 4.78 is 37.8. The molecule has 4 heteroatoms. The highest BCUT2D eigenvalue weighted by molar-refractivity contribution is 5.27. The SMILES string of the molecule is CNCC1CCCCCC1c1ccc(C(F)(F)F)cc1. The molecule has 1 aromatic carbocycles. The molecule has 1 aliphatic carbocycles. The van der Waals surface area contributed by atoms with Crippen LogP contribution in [0, 0.1) is 5.92 Å². The van der Waals surface area contributed by atoms with Gasteiger partial charge in [-0.25, -0.2) is 0 Å². The molecule has 2 rings (SSSR count). The number of rotatable bonds is 3. The summed E-state index contributed by atoms with van der Waals surface area (Å²) in [5.41, 5.74) is 0.500. The van der Waals surface area contributed by atoms with E-state index in [1.54, 1.807) is 12.1 Å². The lowest BCUT2D eigenvalue weighted by atomic mass is 9.82. The maximum Gasteiger partial charge on any atom is 0.416 e. The largest absolute Gasteiger partial charge is 0.416 e. The normalized spacial score (nSPS) is 24.4. The van der Waals surface area contributed by atoms with Crippen molar-refractivity contribution >= 4 is 0 Å². The Hall–Kier alpha value is -1.03. The Labute approximate surface area is 118 Å². The third kappa shape index (κ3) is 3.75. The predicted octanol–water partition coefficient (Wildman–Crippen LogP) is 4.59. The summed E-state index contributed by atoms with van der Waals surface area (Å²) in [4.78, 5) is 0. The van der Waals surface area contributed by atoms with Gasteiger partial charge in [0.05, 0.1) is 5.56 Å². The van der Waals surface area contributed by atoms with Gasteiger partial charge in [-0.3, -0.25) is 0 Å². The van der Waals surface area contributed by atoms with Crippen LogP contribution in [0.2, 0.25) is 0 Å². The molecule has 1 fully saturated rings. The molecule has 1 aliphatic rings. The van der Waals surface area contributed by atoms with Gasteiger partial charge in [-0.05, 0) is 56.0 Å². The molecule has 2 atom stereocenters. The Bertz CT molecular complexity index is 411. The molecule has 2 unspecified atom stereocenters. The summed E-state index contributed by atoms with van der Waals surface area (Å²) in [6.07, 6.45) is 1.63. The van der Waals surface area contributed by atoms with E-state index in [4.69, 9.17) is 0 Å². The minimum absolute atomic E-state index is 0.382. The first-order chi connectivity index (χ1) is 9.52. The van der Waals surface area contributed by atoms with Gasteiger partial charge in [0.15, 0.2) is 0 Å². The first kappa shape index (κ1) is 15.4. The molecule has 0 aromatic heterocycles. The van der Waals surface area contributed by atoms with Crippen molar-refractivity contribution < 1.29 is 13.2 Å². The molecule has 0 radical (unpaired) electrons. The van der Waals surface area contributed by atoms with E-state index in [-0.39, 0.29) is 0 Å². The molecule has 1 nitrogen and oxygen atoms in total. The maximum atomic E-state index is 12.6. The lowest BCUT2D eigenvalue weighted by molar-refractivity contribution is -0.137. The number of alkyl halides is 3. The minimum Gasteiger partial charge on any atom is -0.319 e. The van der Waals surface area contributed by atoms with Crippen molar-refractivity contribution in [3.05, 3.63) is 35.4 Å². The third-order valence-corrected chi connectivity index (χ3v) is 4.29. The second-order valence-corrected chi connectivity index (χ2v) is 5.68. The van der Waals surface area contributed by atoms with Crippen LogP contribution in [0.5, 0.6) is 0 Å². The molecule has 1 aromatic rings. The van der Waals surface area contributed by atoms with Crippen molar-refractivity contribution in [2.75, 3.05) is 13.6 Å². The third-order valence-electron chi connectivity index (χ3n) is 4.29. The average molecular weight is 285 g/mol. The standard InChI is InChI=1S/C16H22F3N/c1-20-11-13-5-3-2-4-6-15(13)12-7-9-14(10-8-12)16(17,18)19/h7-10,13,15,20H,2-6,11H2,1H3. The van der Waals surface area contributed by atoms with Crippen molar-refractivity contribution in [2.24, 2.45) is 5.92 Å². The van der Waals surface area contributed by atoms with E-state index in [0.29, 0.717) is 11.8 Å². The molecule has 0 amide bonds. The molecule has 1 N–H and O–H groups in total. The molecule has 0 heterocycles. The molecule has 0 aliphatic heterocycles. The van der Waals surface area contributed by atoms with Gasteiger partial charge < -0.3 is 5.32 Å². The Morgan fingerprint density at radius 1 is 1.05 bits per heavy atom. The van der Waals surface area contributed by atoms with Gasteiger partial charge in [0.2, 0.25) is 0 Å². The highest BCUT2D eigenvalue weighted by Gasteiger charge is 2.31. The van der Waals surface area contributed by atoms with Crippen LogP contribution in [0.4, 0.5) is 13.2 Å². The zero-order valence-corrected chi connectivity index (χ0v) is 11.8. The van der Waals surface area contributed by atoms with E-state index in [2.05, 4.69) is 5.32 Å². The van der Waals surface area contributed by atoms with Crippen LogP contribution >= 0.6 is 0 Å². The zero-order valence-electron chi connectivity index (χ0n) is 11.8. The molecular weight excluding hydrogens is 263 g/mol. The molecular formula is C16H22F3N. The molecule has 112 valence electrons. The molecule has 20 heavy (non-hydrogen) atoms. The smallest absolute Gasteiger partial charge is 0.319 e. The first-order valence-electron chi connectivity index (χ1n) is 7.34. The van der Waals surface area contributed by atoms with Crippen LogP contribution in [0.3, 0.4) is 0 Å². The van der Waals surface area contributed by atoms with Crippen LogP contribution in [-0.2, 0) is 6.18 Å². The number of benzene rings is 1. The van der Waals surface area contributed by atoms with Crippen molar-refractivity contribution in [1.29, 1.82) is 0 Å². The predicted molar refractivity (Wildman–Crippen MR) is 74.7 cm³/mol. The van der Waals surface area contributed by atoms with Crippen LogP contribution in [0.25, 0.3) is 0 Å². The molecule has 1 saturated carbocycles. The Morgan fingerprint density at radius 2 is 1.70 bits per heavy atom. The zero-order chi connectivity index (χ0) is 14.6. The lowest BCUT2D eigenvalue weighted by Crippen LogP contribution is -2.24. The fourth-order valence-electron chi connectivity index (χ4n) is 3.25. The fraction of sp³-hybridized carbons (Fsp3) is 0.625.